The van der Waals surface area contributed by atoms with Gasteiger partial charge in [-0.1, -0.05) is 37.3 Å². The van der Waals surface area contributed by atoms with Crippen molar-refractivity contribution in [2.45, 2.75) is 45.1 Å². The highest BCUT2D eigenvalue weighted by atomic mass is 16.8. The van der Waals surface area contributed by atoms with Gasteiger partial charge in [0, 0.05) is 13.0 Å². The minimum absolute atomic E-state index is 0.275. The van der Waals surface area contributed by atoms with E-state index >= 15 is 0 Å². The fourth-order valence-electron chi connectivity index (χ4n) is 2.71. The second-order valence-electron chi connectivity index (χ2n) is 5.09. The van der Waals surface area contributed by atoms with Crippen LogP contribution in [0.2, 0.25) is 0 Å². The lowest BCUT2D eigenvalue weighted by atomic mass is 9.92. The molecule has 1 aromatic rings. The van der Waals surface area contributed by atoms with Gasteiger partial charge in [0.15, 0.2) is 6.29 Å². The molecular formula is C16H23NO4. The van der Waals surface area contributed by atoms with E-state index < -0.39 is 11.8 Å². The lowest BCUT2D eigenvalue weighted by Gasteiger charge is -2.32. The first-order valence-corrected chi connectivity index (χ1v) is 7.34. The van der Waals surface area contributed by atoms with Gasteiger partial charge in [-0.3, -0.25) is 4.84 Å². The molecule has 1 heterocycles. The molecule has 1 saturated heterocycles. The number of methoxy groups -OCH3 is 1. The molecule has 1 aromatic carbocycles. The average Bonchev–Trinajstić information content (AvgIpc) is 2.86. The maximum atomic E-state index is 12.3. The first-order valence-electron chi connectivity index (χ1n) is 7.34. The van der Waals surface area contributed by atoms with Gasteiger partial charge in [-0.05, 0) is 18.9 Å². The molecule has 2 rings (SSSR count). The fraction of sp³-hybridized carbons (Fsp3) is 0.562. The third-order valence-electron chi connectivity index (χ3n) is 3.90. The summed E-state index contributed by atoms with van der Waals surface area (Å²) in [7, 11) is 1.41. The van der Waals surface area contributed by atoms with Crippen LogP contribution in [0.5, 0.6) is 0 Å². The van der Waals surface area contributed by atoms with Crippen LogP contribution in [0.4, 0.5) is 0 Å². The van der Waals surface area contributed by atoms with Crippen LogP contribution in [0.25, 0.3) is 0 Å². The predicted molar refractivity (Wildman–Crippen MR) is 78.1 cm³/mol. The standard InChI is InChI=1S/C16H23NO4/c1-4-16(15(18)19-3)11-14(20-5-2)21-17(16)12-13-9-7-6-8-10-13/h6-10,14H,4-5,11-12H2,1-3H3/t14-,16+/m0/s1. The molecule has 5 nitrogen and oxygen atoms in total. The first kappa shape index (κ1) is 15.9. The Morgan fingerprint density at radius 1 is 1.38 bits per heavy atom. The van der Waals surface area contributed by atoms with Gasteiger partial charge in [-0.15, -0.1) is 0 Å². The lowest BCUT2D eigenvalue weighted by molar-refractivity contribution is -0.256. The van der Waals surface area contributed by atoms with Gasteiger partial charge in [-0.25, -0.2) is 4.79 Å². The van der Waals surface area contributed by atoms with Crippen LogP contribution in [0.1, 0.15) is 32.3 Å². The van der Waals surface area contributed by atoms with E-state index in [0.717, 1.165) is 5.56 Å². The zero-order chi connectivity index (χ0) is 15.3. The summed E-state index contributed by atoms with van der Waals surface area (Å²) >= 11 is 0. The Morgan fingerprint density at radius 2 is 2.10 bits per heavy atom. The van der Waals surface area contributed by atoms with E-state index in [0.29, 0.717) is 26.0 Å². The smallest absolute Gasteiger partial charge is 0.328 e. The summed E-state index contributed by atoms with van der Waals surface area (Å²) in [5.74, 6) is -0.275. The summed E-state index contributed by atoms with van der Waals surface area (Å²) < 4.78 is 10.6. The van der Waals surface area contributed by atoms with Gasteiger partial charge in [0.2, 0.25) is 0 Å². The Labute approximate surface area is 125 Å². The van der Waals surface area contributed by atoms with E-state index in [4.69, 9.17) is 14.3 Å². The van der Waals surface area contributed by atoms with Crippen LogP contribution in [0, 0.1) is 0 Å². The third kappa shape index (κ3) is 3.26. The van der Waals surface area contributed by atoms with Crippen molar-refractivity contribution >= 4 is 5.97 Å². The van der Waals surface area contributed by atoms with Crippen molar-refractivity contribution in [3.8, 4) is 0 Å². The molecule has 0 saturated carbocycles. The number of hydrogen-bond donors (Lipinski definition) is 0. The van der Waals surface area contributed by atoms with Crippen molar-refractivity contribution in [1.82, 2.24) is 5.06 Å². The molecule has 116 valence electrons. The quantitative estimate of drug-likeness (QED) is 0.754. The van der Waals surface area contributed by atoms with Gasteiger partial charge in [0.05, 0.1) is 13.7 Å². The van der Waals surface area contributed by atoms with E-state index in [1.54, 1.807) is 5.06 Å². The summed E-state index contributed by atoms with van der Waals surface area (Å²) in [5.41, 5.74) is 0.293. The molecule has 0 spiro atoms. The largest absolute Gasteiger partial charge is 0.468 e. The van der Waals surface area contributed by atoms with Gasteiger partial charge in [0.1, 0.15) is 5.54 Å². The molecule has 1 aliphatic rings. The number of benzene rings is 1. The number of carbonyl (C=O) groups is 1. The molecular weight excluding hydrogens is 270 g/mol. The minimum atomic E-state index is -0.787. The van der Waals surface area contributed by atoms with Crippen LogP contribution in [0.3, 0.4) is 0 Å². The van der Waals surface area contributed by atoms with Crippen molar-refractivity contribution in [2.75, 3.05) is 13.7 Å². The average molecular weight is 293 g/mol. The van der Waals surface area contributed by atoms with Crippen molar-refractivity contribution in [2.24, 2.45) is 0 Å². The second kappa shape index (κ2) is 7.02. The highest BCUT2D eigenvalue weighted by Gasteiger charge is 2.53. The number of carbonyl (C=O) groups excluding carboxylic acids is 1. The highest BCUT2D eigenvalue weighted by molar-refractivity contribution is 5.80. The number of ether oxygens (including phenoxy) is 2. The lowest BCUT2D eigenvalue weighted by Crippen LogP contribution is -2.49. The molecule has 1 aliphatic heterocycles. The van der Waals surface area contributed by atoms with E-state index in [9.17, 15) is 4.79 Å². The Kier molecular flexibility index (Phi) is 5.33. The number of esters is 1. The summed E-state index contributed by atoms with van der Waals surface area (Å²) in [6.45, 7) is 4.94. The van der Waals surface area contributed by atoms with Crippen molar-refractivity contribution in [3.05, 3.63) is 35.9 Å². The summed E-state index contributed by atoms with van der Waals surface area (Å²) in [6, 6.07) is 9.92. The Bertz CT molecular complexity index is 465. The first-order chi connectivity index (χ1) is 10.2. The van der Waals surface area contributed by atoms with Gasteiger partial charge in [-0.2, -0.15) is 5.06 Å². The molecule has 21 heavy (non-hydrogen) atoms. The van der Waals surface area contributed by atoms with Crippen LogP contribution in [0.15, 0.2) is 30.3 Å². The van der Waals surface area contributed by atoms with Crippen LogP contribution >= 0.6 is 0 Å². The minimum Gasteiger partial charge on any atom is -0.468 e. The SMILES string of the molecule is CCO[C@@H]1C[C@](CC)(C(=O)OC)N(Cc2ccccc2)O1. The van der Waals surface area contributed by atoms with E-state index in [1.165, 1.54) is 7.11 Å². The Morgan fingerprint density at radius 3 is 2.67 bits per heavy atom. The van der Waals surface area contributed by atoms with Gasteiger partial charge >= 0.3 is 5.97 Å². The third-order valence-corrected chi connectivity index (χ3v) is 3.90. The zero-order valence-corrected chi connectivity index (χ0v) is 12.9. The number of rotatable bonds is 6. The van der Waals surface area contributed by atoms with Crippen LogP contribution in [-0.4, -0.2) is 36.6 Å². The summed E-state index contributed by atoms with van der Waals surface area (Å²) in [5, 5.41) is 1.72. The molecule has 1 fully saturated rings. The van der Waals surface area contributed by atoms with Crippen molar-refractivity contribution in [3.63, 3.8) is 0 Å². The topological polar surface area (TPSA) is 48.0 Å². The zero-order valence-electron chi connectivity index (χ0n) is 12.9. The van der Waals surface area contributed by atoms with Crippen LogP contribution < -0.4 is 0 Å². The summed E-state index contributed by atoms with van der Waals surface area (Å²) in [6.07, 6.45) is 0.685. The highest BCUT2D eigenvalue weighted by Crippen LogP contribution is 2.37. The summed E-state index contributed by atoms with van der Waals surface area (Å²) in [4.78, 5) is 18.2. The normalized spacial score (nSPS) is 26.0. The maximum Gasteiger partial charge on any atom is 0.328 e. The molecule has 5 heteroatoms. The molecule has 0 aliphatic carbocycles. The second-order valence-corrected chi connectivity index (χ2v) is 5.09. The van der Waals surface area contributed by atoms with E-state index in [1.807, 2.05) is 44.2 Å². The maximum absolute atomic E-state index is 12.3. The fourth-order valence-corrected chi connectivity index (χ4v) is 2.71. The van der Waals surface area contributed by atoms with Crippen molar-refractivity contribution < 1.29 is 19.1 Å². The van der Waals surface area contributed by atoms with Gasteiger partial charge < -0.3 is 9.47 Å². The number of nitrogens with zero attached hydrogens (tertiary/aromatic N) is 1. The Balaban J connectivity index is 2.23. The molecule has 0 amide bonds. The number of hydrogen-bond acceptors (Lipinski definition) is 5. The molecule has 0 bridgehead atoms. The van der Waals surface area contributed by atoms with E-state index in [2.05, 4.69) is 0 Å². The van der Waals surface area contributed by atoms with Gasteiger partial charge in [0.25, 0.3) is 0 Å². The van der Waals surface area contributed by atoms with Crippen molar-refractivity contribution in [1.29, 1.82) is 0 Å². The van der Waals surface area contributed by atoms with Crippen LogP contribution in [-0.2, 0) is 25.7 Å². The number of hydroxylamine groups is 2. The molecule has 0 unspecified atom stereocenters. The Hall–Kier alpha value is -1.43. The molecule has 2 atom stereocenters. The monoisotopic (exact) mass is 293 g/mol. The molecule has 0 aromatic heterocycles. The molecule has 0 N–H and O–H groups in total. The molecule has 0 radical (unpaired) electrons. The van der Waals surface area contributed by atoms with E-state index in [-0.39, 0.29) is 5.97 Å². The predicted octanol–water partition coefficient (Wildman–Crippen LogP) is 2.51.